The highest BCUT2D eigenvalue weighted by atomic mass is 16.1. The number of aldehydes is 1. The van der Waals surface area contributed by atoms with Crippen LogP contribution in [0.4, 0.5) is 0 Å². The van der Waals surface area contributed by atoms with E-state index < -0.39 is 0 Å². The monoisotopic (exact) mass is 239 g/mol. The van der Waals surface area contributed by atoms with E-state index in [-0.39, 0.29) is 0 Å². The fraction of sp³-hybridized carbons (Fsp3) is 0.143. The molecule has 18 heavy (non-hydrogen) atoms. The van der Waals surface area contributed by atoms with Crippen molar-refractivity contribution in [2.75, 3.05) is 0 Å². The van der Waals surface area contributed by atoms with E-state index >= 15 is 0 Å². The number of hydrogen-bond acceptors (Lipinski definition) is 2. The van der Waals surface area contributed by atoms with Gasteiger partial charge in [-0.2, -0.15) is 0 Å². The number of nitrogens with zero attached hydrogens (tertiary/aromatic N) is 2. The number of aromatic amines is 1. The fourth-order valence-corrected chi connectivity index (χ4v) is 2.21. The van der Waals surface area contributed by atoms with Gasteiger partial charge in [0.05, 0.1) is 18.6 Å². The molecule has 2 aromatic heterocycles. The minimum atomic E-state index is 0.340. The van der Waals surface area contributed by atoms with E-state index in [1.165, 1.54) is 10.9 Å². The molecule has 3 rings (SSSR count). The van der Waals surface area contributed by atoms with E-state index in [0.717, 1.165) is 23.2 Å². The second-order valence-corrected chi connectivity index (χ2v) is 4.29. The van der Waals surface area contributed by atoms with Gasteiger partial charge in [-0.15, -0.1) is 0 Å². The van der Waals surface area contributed by atoms with Crippen LogP contribution < -0.4 is 0 Å². The molecular weight excluding hydrogens is 226 g/mol. The normalized spacial score (nSPS) is 10.9. The van der Waals surface area contributed by atoms with Gasteiger partial charge >= 0.3 is 0 Å². The van der Waals surface area contributed by atoms with E-state index in [1.54, 1.807) is 10.9 Å². The van der Waals surface area contributed by atoms with Crippen molar-refractivity contribution in [2.24, 2.45) is 0 Å². The van der Waals surface area contributed by atoms with Crippen molar-refractivity contribution in [3.8, 4) is 11.4 Å². The fourth-order valence-electron chi connectivity index (χ4n) is 2.21. The van der Waals surface area contributed by atoms with Gasteiger partial charge in [0.1, 0.15) is 12.0 Å². The molecule has 0 atom stereocenters. The molecule has 0 saturated heterocycles. The third-order valence-corrected chi connectivity index (χ3v) is 3.14. The minimum absolute atomic E-state index is 0.340. The van der Waals surface area contributed by atoms with Crippen LogP contribution in [0.2, 0.25) is 0 Å². The van der Waals surface area contributed by atoms with Crippen molar-refractivity contribution < 1.29 is 4.79 Å². The van der Waals surface area contributed by atoms with Crippen LogP contribution in [0.1, 0.15) is 5.56 Å². The number of imidazole rings is 1. The van der Waals surface area contributed by atoms with Gasteiger partial charge < -0.3 is 14.3 Å². The first-order chi connectivity index (χ1) is 8.79. The number of carbonyl (C=O) groups excluding carboxylic acids is 1. The Bertz CT molecular complexity index is 709. The molecule has 3 aromatic rings. The van der Waals surface area contributed by atoms with E-state index in [4.69, 9.17) is 0 Å². The summed E-state index contributed by atoms with van der Waals surface area (Å²) >= 11 is 0. The molecule has 90 valence electrons. The first-order valence-electron chi connectivity index (χ1n) is 5.82. The van der Waals surface area contributed by atoms with Gasteiger partial charge in [0, 0.05) is 17.1 Å². The maximum atomic E-state index is 10.5. The predicted octanol–water partition coefficient (Wildman–Crippen LogP) is 2.54. The molecule has 4 heteroatoms. The Labute approximate surface area is 104 Å². The summed E-state index contributed by atoms with van der Waals surface area (Å²) in [7, 11) is 0. The van der Waals surface area contributed by atoms with Gasteiger partial charge in [0.25, 0.3) is 0 Å². The summed E-state index contributed by atoms with van der Waals surface area (Å²) in [5.74, 6) is 0. The van der Waals surface area contributed by atoms with Crippen LogP contribution in [0.3, 0.4) is 0 Å². The van der Waals surface area contributed by atoms with E-state index in [0.29, 0.717) is 6.54 Å². The molecule has 0 radical (unpaired) electrons. The Morgan fingerprint density at radius 1 is 1.39 bits per heavy atom. The predicted molar refractivity (Wildman–Crippen MR) is 70.3 cm³/mol. The van der Waals surface area contributed by atoms with Crippen LogP contribution in [0, 0.1) is 6.92 Å². The first-order valence-corrected chi connectivity index (χ1v) is 5.82. The second kappa shape index (κ2) is 4.14. The van der Waals surface area contributed by atoms with Crippen molar-refractivity contribution in [1.82, 2.24) is 14.5 Å². The van der Waals surface area contributed by atoms with Crippen LogP contribution in [0.5, 0.6) is 0 Å². The summed E-state index contributed by atoms with van der Waals surface area (Å²) in [6, 6.07) is 8.17. The summed E-state index contributed by atoms with van der Waals surface area (Å²) in [4.78, 5) is 18.2. The molecule has 0 aliphatic carbocycles. The zero-order valence-electron chi connectivity index (χ0n) is 10.1. The molecule has 0 unspecified atom stereocenters. The van der Waals surface area contributed by atoms with Gasteiger partial charge in [-0.3, -0.25) is 0 Å². The van der Waals surface area contributed by atoms with E-state index in [9.17, 15) is 4.79 Å². The number of aryl methyl sites for hydroxylation is 1. The van der Waals surface area contributed by atoms with Gasteiger partial charge in [0.2, 0.25) is 0 Å². The number of benzene rings is 1. The molecule has 0 saturated carbocycles. The van der Waals surface area contributed by atoms with Crippen LogP contribution in [-0.4, -0.2) is 20.8 Å². The zero-order valence-corrected chi connectivity index (χ0v) is 10.1. The number of fused-ring (bicyclic) bond motifs is 1. The average molecular weight is 239 g/mol. The Kier molecular flexibility index (Phi) is 2.48. The highest BCUT2D eigenvalue weighted by Crippen LogP contribution is 2.28. The molecule has 0 aliphatic rings. The number of hydrogen-bond donors (Lipinski definition) is 1. The lowest BCUT2D eigenvalue weighted by Crippen LogP contribution is -1.93. The lowest BCUT2D eigenvalue weighted by molar-refractivity contribution is -0.108. The molecule has 2 heterocycles. The quantitative estimate of drug-likeness (QED) is 0.714. The lowest BCUT2D eigenvalue weighted by atomic mass is 10.1. The van der Waals surface area contributed by atoms with E-state index in [1.807, 2.05) is 24.4 Å². The molecule has 0 spiro atoms. The van der Waals surface area contributed by atoms with Crippen molar-refractivity contribution >= 4 is 17.2 Å². The molecule has 0 amide bonds. The molecule has 4 nitrogen and oxygen atoms in total. The lowest BCUT2D eigenvalue weighted by Gasteiger charge is -1.94. The summed E-state index contributed by atoms with van der Waals surface area (Å²) in [5, 5.41) is 1.21. The number of H-pyrrole nitrogens is 1. The highest BCUT2D eigenvalue weighted by molar-refractivity contribution is 5.89. The van der Waals surface area contributed by atoms with Crippen LogP contribution >= 0.6 is 0 Å². The number of rotatable bonds is 3. The molecule has 1 N–H and O–H groups in total. The number of carbonyl (C=O) groups is 1. The van der Waals surface area contributed by atoms with Crippen molar-refractivity contribution in [3.63, 3.8) is 0 Å². The van der Waals surface area contributed by atoms with Crippen LogP contribution in [0.15, 0.2) is 36.8 Å². The summed E-state index contributed by atoms with van der Waals surface area (Å²) in [6.45, 7) is 2.42. The standard InChI is InChI=1S/C14H13N3O/c1-10-11-4-2-3-5-12(11)16-14(10)13-8-17(6-7-18)9-15-13/h2-5,7-9,16H,6H2,1H3. The molecule has 1 aromatic carbocycles. The summed E-state index contributed by atoms with van der Waals surface area (Å²) in [5.41, 5.74) is 4.17. The molecule has 0 bridgehead atoms. The van der Waals surface area contributed by atoms with Gasteiger partial charge in [0.15, 0.2) is 0 Å². The zero-order chi connectivity index (χ0) is 12.5. The van der Waals surface area contributed by atoms with Crippen molar-refractivity contribution in [3.05, 3.63) is 42.4 Å². The smallest absolute Gasteiger partial charge is 0.139 e. The van der Waals surface area contributed by atoms with Crippen LogP contribution in [-0.2, 0) is 11.3 Å². The van der Waals surface area contributed by atoms with Gasteiger partial charge in [-0.1, -0.05) is 18.2 Å². The average Bonchev–Trinajstić information content (AvgIpc) is 2.96. The molecular formula is C14H13N3O. The summed E-state index contributed by atoms with van der Waals surface area (Å²) in [6.07, 6.45) is 4.42. The minimum Gasteiger partial charge on any atom is -0.353 e. The highest BCUT2D eigenvalue weighted by Gasteiger charge is 2.11. The Morgan fingerprint density at radius 3 is 3.00 bits per heavy atom. The first kappa shape index (κ1) is 10.8. The molecule has 0 aliphatic heterocycles. The van der Waals surface area contributed by atoms with Gasteiger partial charge in [-0.05, 0) is 18.6 Å². The Morgan fingerprint density at radius 2 is 2.22 bits per heavy atom. The largest absolute Gasteiger partial charge is 0.353 e. The number of nitrogens with one attached hydrogen (secondary N) is 1. The second-order valence-electron chi connectivity index (χ2n) is 4.29. The van der Waals surface area contributed by atoms with Gasteiger partial charge in [-0.25, -0.2) is 4.98 Å². The third-order valence-electron chi connectivity index (χ3n) is 3.14. The number of para-hydroxylation sites is 1. The van der Waals surface area contributed by atoms with E-state index in [2.05, 4.69) is 23.0 Å². The molecule has 0 fully saturated rings. The summed E-state index contributed by atoms with van der Waals surface area (Å²) < 4.78 is 1.77. The Balaban J connectivity index is 2.12. The number of aromatic nitrogens is 3. The van der Waals surface area contributed by atoms with Crippen LogP contribution in [0.25, 0.3) is 22.3 Å². The maximum absolute atomic E-state index is 10.5. The SMILES string of the molecule is Cc1c(-c2cn(CC=O)cn2)[nH]c2ccccc12. The maximum Gasteiger partial charge on any atom is 0.139 e. The van der Waals surface area contributed by atoms with Crippen molar-refractivity contribution in [2.45, 2.75) is 13.5 Å². The van der Waals surface area contributed by atoms with Crippen molar-refractivity contribution in [1.29, 1.82) is 0 Å². The third kappa shape index (κ3) is 1.62. The topological polar surface area (TPSA) is 50.7 Å². The Hall–Kier alpha value is -2.36.